The van der Waals surface area contributed by atoms with Gasteiger partial charge in [0, 0.05) is 36.2 Å². The lowest BCUT2D eigenvalue weighted by atomic mass is 10.1. The lowest BCUT2D eigenvalue weighted by Crippen LogP contribution is -2.24. The molecule has 20 heavy (non-hydrogen) atoms. The molecule has 0 spiro atoms. The molecular weight excluding hydrogens is 253 g/mol. The third-order valence-electron chi connectivity index (χ3n) is 3.97. The molecule has 2 N–H and O–H groups in total. The Kier molecular flexibility index (Phi) is 3.65. The van der Waals surface area contributed by atoms with Crippen LogP contribution in [0.2, 0.25) is 0 Å². The molecule has 1 aromatic carbocycles. The summed E-state index contributed by atoms with van der Waals surface area (Å²) < 4.78 is 13.9. The van der Waals surface area contributed by atoms with Crippen LogP contribution in [0, 0.1) is 5.82 Å². The highest BCUT2D eigenvalue weighted by molar-refractivity contribution is 5.47. The second kappa shape index (κ2) is 5.59. The topological polar surface area (TPSA) is 42.1 Å². The van der Waals surface area contributed by atoms with Gasteiger partial charge >= 0.3 is 0 Å². The highest BCUT2D eigenvalue weighted by Gasteiger charge is 2.27. The van der Waals surface area contributed by atoms with Crippen molar-refractivity contribution in [3.63, 3.8) is 0 Å². The Morgan fingerprint density at radius 3 is 2.80 bits per heavy atom. The Labute approximate surface area is 118 Å². The summed E-state index contributed by atoms with van der Waals surface area (Å²) in [6, 6.07) is 9.29. The van der Waals surface area contributed by atoms with E-state index in [-0.39, 0.29) is 5.82 Å². The normalized spacial score (nSPS) is 19.4. The quantitative estimate of drug-likeness (QED) is 0.872. The van der Waals surface area contributed by atoms with Crippen LogP contribution >= 0.6 is 0 Å². The van der Waals surface area contributed by atoms with Crippen molar-refractivity contribution < 1.29 is 4.39 Å². The predicted molar refractivity (Wildman–Crippen MR) is 77.4 cm³/mol. The van der Waals surface area contributed by atoms with Gasteiger partial charge in [0.1, 0.15) is 5.82 Å². The fraction of sp³-hybridized carbons (Fsp3) is 0.312. The minimum Gasteiger partial charge on any atom is -0.398 e. The monoisotopic (exact) mass is 271 g/mol. The van der Waals surface area contributed by atoms with Crippen LogP contribution in [-0.2, 0) is 6.54 Å². The molecule has 0 amide bonds. The van der Waals surface area contributed by atoms with E-state index in [0.29, 0.717) is 23.8 Å². The first-order chi connectivity index (χ1) is 9.75. The highest BCUT2D eigenvalue weighted by Crippen LogP contribution is 2.33. The molecule has 2 aromatic rings. The van der Waals surface area contributed by atoms with Gasteiger partial charge < -0.3 is 5.73 Å². The molecular formula is C16H18FN3. The van der Waals surface area contributed by atoms with Crippen molar-refractivity contribution >= 4 is 5.69 Å². The number of nitrogens with two attached hydrogens (primary N) is 1. The van der Waals surface area contributed by atoms with Gasteiger partial charge in [-0.3, -0.25) is 9.88 Å². The molecule has 3 rings (SSSR count). The summed E-state index contributed by atoms with van der Waals surface area (Å²) in [5.41, 5.74) is 8.29. The van der Waals surface area contributed by atoms with Gasteiger partial charge in [0.25, 0.3) is 0 Å². The van der Waals surface area contributed by atoms with E-state index in [1.54, 1.807) is 12.1 Å². The largest absolute Gasteiger partial charge is 0.398 e. The number of benzene rings is 1. The molecule has 3 nitrogen and oxygen atoms in total. The number of rotatable bonds is 3. The zero-order valence-electron chi connectivity index (χ0n) is 11.3. The Hall–Kier alpha value is -1.94. The molecule has 4 heteroatoms. The molecule has 0 bridgehead atoms. The molecule has 0 aliphatic carbocycles. The SMILES string of the molecule is Nc1cccc(F)c1CN1CCCC1c1ccncc1. The fourth-order valence-electron chi connectivity index (χ4n) is 2.92. The lowest BCUT2D eigenvalue weighted by Gasteiger charge is -2.25. The van der Waals surface area contributed by atoms with E-state index >= 15 is 0 Å². The van der Waals surface area contributed by atoms with Gasteiger partial charge in [-0.05, 0) is 49.2 Å². The summed E-state index contributed by atoms with van der Waals surface area (Å²) in [4.78, 5) is 6.35. The zero-order valence-corrected chi connectivity index (χ0v) is 11.3. The molecule has 0 saturated carbocycles. The van der Waals surface area contributed by atoms with Crippen molar-refractivity contribution in [2.75, 3.05) is 12.3 Å². The molecule has 1 unspecified atom stereocenters. The standard InChI is InChI=1S/C16H18FN3/c17-14-3-1-4-15(18)13(14)11-20-10-2-5-16(20)12-6-8-19-9-7-12/h1,3-4,6-9,16H,2,5,10-11,18H2. The first kappa shape index (κ1) is 13.1. The maximum atomic E-state index is 13.9. The van der Waals surface area contributed by atoms with Crippen molar-refractivity contribution in [1.29, 1.82) is 0 Å². The molecule has 0 radical (unpaired) electrons. The van der Waals surface area contributed by atoms with E-state index in [4.69, 9.17) is 5.73 Å². The number of nitrogens with zero attached hydrogens (tertiary/aromatic N) is 2. The van der Waals surface area contributed by atoms with Crippen molar-refractivity contribution in [2.45, 2.75) is 25.4 Å². The van der Waals surface area contributed by atoms with Gasteiger partial charge in [0.05, 0.1) is 0 Å². The Balaban J connectivity index is 1.83. The summed E-state index contributed by atoms with van der Waals surface area (Å²) in [5.74, 6) is -0.217. The lowest BCUT2D eigenvalue weighted by molar-refractivity contribution is 0.245. The van der Waals surface area contributed by atoms with Gasteiger partial charge in [-0.1, -0.05) is 6.07 Å². The number of pyridine rings is 1. The summed E-state index contributed by atoms with van der Waals surface area (Å²) >= 11 is 0. The third kappa shape index (κ3) is 2.51. The van der Waals surface area contributed by atoms with Crippen LogP contribution in [0.4, 0.5) is 10.1 Å². The number of likely N-dealkylation sites (tertiary alicyclic amines) is 1. The number of aromatic nitrogens is 1. The molecule has 1 aliphatic rings. The number of nitrogen functional groups attached to an aromatic ring is 1. The van der Waals surface area contributed by atoms with Crippen LogP contribution < -0.4 is 5.73 Å². The minimum absolute atomic E-state index is 0.217. The van der Waals surface area contributed by atoms with Gasteiger partial charge in [-0.2, -0.15) is 0 Å². The van der Waals surface area contributed by atoms with Gasteiger partial charge in [0.15, 0.2) is 0 Å². The van der Waals surface area contributed by atoms with Crippen LogP contribution in [-0.4, -0.2) is 16.4 Å². The van der Waals surface area contributed by atoms with E-state index in [1.807, 2.05) is 24.5 Å². The number of anilines is 1. The van der Waals surface area contributed by atoms with Gasteiger partial charge in [0.2, 0.25) is 0 Å². The van der Waals surface area contributed by atoms with Crippen LogP contribution in [0.1, 0.15) is 30.0 Å². The molecule has 1 atom stereocenters. The van der Waals surface area contributed by atoms with Crippen LogP contribution in [0.25, 0.3) is 0 Å². The summed E-state index contributed by atoms with van der Waals surface area (Å²) in [6.45, 7) is 1.53. The molecule has 1 fully saturated rings. The highest BCUT2D eigenvalue weighted by atomic mass is 19.1. The van der Waals surface area contributed by atoms with E-state index < -0.39 is 0 Å². The van der Waals surface area contributed by atoms with Crippen molar-refractivity contribution in [3.05, 3.63) is 59.7 Å². The smallest absolute Gasteiger partial charge is 0.129 e. The average Bonchev–Trinajstić information content (AvgIpc) is 2.92. The van der Waals surface area contributed by atoms with Crippen molar-refractivity contribution in [2.24, 2.45) is 0 Å². The predicted octanol–water partition coefficient (Wildman–Crippen LogP) is 3.14. The number of hydrogen-bond donors (Lipinski definition) is 1. The number of hydrogen-bond acceptors (Lipinski definition) is 3. The van der Waals surface area contributed by atoms with Crippen molar-refractivity contribution in [1.82, 2.24) is 9.88 Å². The Bertz CT molecular complexity index is 565. The molecule has 2 heterocycles. The number of halogens is 1. The van der Waals surface area contributed by atoms with Gasteiger partial charge in [-0.25, -0.2) is 4.39 Å². The summed E-state index contributed by atoms with van der Waals surface area (Å²) in [7, 11) is 0. The summed E-state index contributed by atoms with van der Waals surface area (Å²) in [6.07, 6.45) is 5.84. The van der Waals surface area contributed by atoms with Crippen LogP contribution in [0.5, 0.6) is 0 Å². The molecule has 104 valence electrons. The van der Waals surface area contributed by atoms with E-state index in [1.165, 1.54) is 11.6 Å². The Morgan fingerprint density at radius 2 is 2.05 bits per heavy atom. The van der Waals surface area contributed by atoms with E-state index in [2.05, 4.69) is 9.88 Å². The summed E-state index contributed by atoms with van der Waals surface area (Å²) in [5, 5.41) is 0. The fourth-order valence-corrected chi connectivity index (χ4v) is 2.92. The van der Waals surface area contributed by atoms with Crippen molar-refractivity contribution in [3.8, 4) is 0 Å². The third-order valence-corrected chi connectivity index (χ3v) is 3.97. The molecule has 1 saturated heterocycles. The molecule has 1 aromatic heterocycles. The van der Waals surface area contributed by atoms with E-state index in [9.17, 15) is 4.39 Å². The first-order valence-electron chi connectivity index (χ1n) is 6.92. The van der Waals surface area contributed by atoms with Gasteiger partial charge in [-0.15, -0.1) is 0 Å². The second-order valence-electron chi connectivity index (χ2n) is 5.22. The van der Waals surface area contributed by atoms with Crippen LogP contribution in [0.3, 0.4) is 0 Å². The maximum Gasteiger partial charge on any atom is 0.129 e. The second-order valence-corrected chi connectivity index (χ2v) is 5.22. The average molecular weight is 271 g/mol. The van der Waals surface area contributed by atoms with Crippen LogP contribution in [0.15, 0.2) is 42.7 Å². The first-order valence-corrected chi connectivity index (χ1v) is 6.92. The minimum atomic E-state index is -0.217. The van der Waals surface area contributed by atoms with E-state index in [0.717, 1.165) is 19.4 Å². The maximum absolute atomic E-state index is 13.9. The molecule has 1 aliphatic heterocycles. The zero-order chi connectivity index (χ0) is 13.9. The Morgan fingerprint density at radius 1 is 1.25 bits per heavy atom.